The Bertz CT molecular complexity index is 677. The third kappa shape index (κ3) is 2.49. The largest absolute Gasteiger partial charge is 0.383 e. The molecule has 3 aromatic rings. The molecular formula is C18H18OS. The first-order valence-electron chi connectivity index (χ1n) is 6.91. The molecule has 0 aliphatic carbocycles. The van der Waals surface area contributed by atoms with Crippen LogP contribution in [0.15, 0.2) is 54.6 Å². The van der Waals surface area contributed by atoms with Crippen molar-refractivity contribution < 1.29 is 5.11 Å². The average molecular weight is 282 g/mol. The molecule has 1 atom stereocenters. The highest BCUT2D eigenvalue weighted by Crippen LogP contribution is 2.33. The Balaban J connectivity index is 1.93. The second-order valence-electron chi connectivity index (χ2n) is 5.41. The highest BCUT2D eigenvalue weighted by molar-refractivity contribution is 7.19. The Morgan fingerprint density at radius 1 is 0.900 bits per heavy atom. The van der Waals surface area contributed by atoms with E-state index < -0.39 is 6.10 Å². The van der Waals surface area contributed by atoms with Gasteiger partial charge < -0.3 is 5.11 Å². The summed E-state index contributed by atoms with van der Waals surface area (Å²) in [4.78, 5) is 1.00. The maximum atomic E-state index is 10.5. The number of hydrogen-bond donors (Lipinski definition) is 1. The summed E-state index contributed by atoms with van der Waals surface area (Å²) in [5.74, 6) is 0.519. The minimum atomic E-state index is -0.534. The molecule has 0 radical (unpaired) electrons. The summed E-state index contributed by atoms with van der Waals surface area (Å²) in [5, 5.41) is 11.7. The zero-order valence-electron chi connectivity index (χ0n) is 11.7. The van der Waals surface area contributed by atoms with Crippen molar-refractivity contribution in [2.24, 2.45) is 0 Å². The summed E-state index contributed by atoms with van der Waals surface area (Å²) in [7, 11) is 0. The van der Waals surface area contributed by atoms with E-state index in [0.717, 1.165) is 10.4 Å². The Morgan fingerprint density at radius 3 is 2.20 bits per heavy atom. The molecule has 0 fully saturated rings. The predicted molar refractivity (Wildman–Crippen MR) is 86.4 cm³/mol. The maximum absolute atomic E-state index is 10.5. The molecule has 20 heavy (non-hydrogen) atoms. The van der Waals surface area contributed by atoms with E-state index in [4.69, 9.17) is 0 Å². The van der Waals surface area contributed by atoms with Gasteiger partial charge in [-0.3, -0.25) is 0 Å². The van der Waals surface area contributed by atoms with E-state index in [2.05, 4.69) is 44.2 Å². The summed E-state index contributed by atoms with van der Waals surface area (Å²) < 4.78 is 1.22. The van der Waals surface area contributed by atoms with E-state index in [1.54, 1.807) is 11.3 Å². The number of aliphatic hydroxyl groups excluding tert-OH is 1. The van der Waals surface area contributed by atoms with Gasteiger partial charge >= 0.3 is 0 Å². The van der Waals surface area contributed by atoms with Crippen molar-refractivity contribution in [3.63, 3.8) is 0 Å². The lowest BCUT2D eigenvalue weighted by molar-refractivity contribution is 0.224. The van der Waals surface area contributed by atoms with Crippen molar-refractivity contribution in [1.29, 1.82) is 0 Å². The molecule has 0 amide bonds. The van der Waals surface area contributed by atoms with Crippen molar-refractivity contribution in [2.45, 2.75) is 25.9 Å². The first-order chi connectivity index (χ1) is 9.65. The molecule has 1 nitrogen and oxygen atoms in total. The fourth-order valence-electron chi connectivity index (χ4n) is 2.36. The van der Waals surface area contributed by atoms with Gasteiger partial charge in [0.25, 0.3) is 0 Å². The fourth-order valence-corrected chi connectivity index (χ4v) is 3.44. The van der Waals surface area contributed by atoms with Gasteiger partial charge in [0, 0.05) is 9.58 Å². The first kappa shape index (κ1) is 13.3. The number of benzene rings is 2. The molecule has 0 saturated carbocycles. The van der Waals surface area contributed by atoms with Crippen LogP contribution in [-0.4, -0.2) is 5.11 Å². The molecule has 0 spiro atoms. The molecule has 1 heterocycles. The SMILES string of the molecule is CC(C)c1ccc(C(O)c2cc3ccccc3s2)cc1. The highest BCUT2D eigenvalue weighted by atomic mass is 32.1. The topological polar surface area (TPSA) is 20.2 Å². The highest BCUT2D eigenvalue weighted by Gasteiger charge is 2.13. The monoisotopic (exact) mass is 282 g/mol. The molecule has 3 rings (SSSR count). The summed E-state index contributed by atoms with van der Waals surface area (Å²) in [5.41, 5.74) is 2.26. The molecule has 0 bridgehead atoms. The van der Waals surface area contributed by atoms with E-state index in [-0.39, 0.29) is 0 Å². The predicted octanol–water partition coefficient (Wildman–Crippen LogP) is 5.11. The summed E-state index contributed by atoms with van der Waals surface area (Å²) >= 11 is 1.66. The number of hydrogen-bond acceptors (Lipinski definition) is 2. The number of rotatable bonds is 3. The Labute approximate surface area is 123 Å². The van der Waals surface area contributed by atoms with Crippen LogP contribution in [-0.2, 0) is 0 Å². The molecule has 0 aliphatic rings. The second kappa shape index (κ2) is 5.39. The van der Waals surface area contributed by atoms with Crippen LogP contribution in [0.1, 0.15) is 41.9 Å². The molecule has 102 valence electrons. The minimum absolute atomic E-state index is 0.519. The van der Waals surface area contributed by atoms with Crippen molar-refractivity contribution in [1.82, 2.24) is 0 Å². The van der Waals surface area contributed by atoms with Gasteiger partial charge in [0.1, 0.15) is 6.10 Å². The third-order valence-electron chi connectivity index (χ3n) is 3.63. The van der Waals surface area contributed by atoms with Crippen molar-refractivity contribution in [3.8, 4) is 0 Å². The maximum Gasteiger partial charge on any atom is 0.113 e. The van der Waals surface area contributed by atoms with Crippen LogP contribution >= 0.6 is 11.3 Å². The summed E-state index contributed by atoms with van der Waals surface area (Å²) in [6.45, 7) is 4.36. The van der Waals surface area contributed by atoms with Gasteiger partial charge in [-0.15, -0.1) is 11.3 Å². The molecule has 2 aromatic carbocycles. The molecule has 2 heteroatoms. The quantitative estimate of drug-likeness (QED) is 0.708. The van der Waals surface area contributed by atoms with Gasteiger partial charge in [-0.05, 0) is 34.6 Å². The normalized spacial score (nSPS) is 13.0. The van der Waals surface area contributed by atoms with Gasteiger partial charge in [0.15, 0.2) is 0 Å². The van der Waals surface area contributed by atoms with E-state index in [9.17, 15) is 5.11 Å². The summed E-state index contributed by atoms with van der Waals surface area (Å²) in [6, 6.07) is 18.6. The van der Waals surface area contributed by atoms with Gasteiger partial charge in [0.05, 0.1) is 0 Å². The molecule has 1 unspecified atom stereocenters. The van der Waals surface area contributed by atoms with Crippen LogP contribution in [0.4, 0.5) is 0 Å². The Kier molecular flexibility index (Phi) is 3.60. The third-order valence-corrected chi connectivity index (χ3v) is 4.80. The zero-order chi connectivity index (χ0) is 14.1. The van der Waals surface area contributed by atoms with Gasteiger partial charge in [0.2, 0.25) is 0 Å². The second-order valence-corrected chi connectivity index (χ2v) is 6.53. The van der Waals surface area contributed by atoms with E-state index >= 15 is 0 Å². The van der Waals surface area contributed by atoms with Crippen LogP contribution in [0.2, 0.25) is 0 Å². The lowest BCUT2D eigenvalue weighted by atomic mass is 9.99. The van der Waals surface area contributed by atoms with E-state index in [1.807, 2.05) is 24.3 Å². The number of aliphatic hydroxyl groups is 1. The lowest BCUT2D eigenvalue weighted by Gasteiger charge is -2.11. The fraction of sp³-hybridized carbons (Fsp3) is 0.222. The molecule has 0 aliphatic heterocycles. The standard InChI is InChI=1S/C18H18OS/c1-12(2)13-7-9-14(10-8-13)18(19)17-11-15-5-3-4-6-16(15)20-17/h3-12,18-19H,1-2H3. The van der Waals surface area contributed by atoms with Gasteiger partial charge in [-0.25, -0.2) is 0 Å². The zero-order valence-corrected chi connectivity index (χ0v) is 12.5. The van der Waals surface area contributed by atoms with Crippen LogP contribution in [0.25, 0.3) is 10.1 Å². The Hall–Kier alpha value is -1.64. The van der Waals surface area contributed by atoms with Crippen LogP contribution in [0.3, 0.4) is 0 Å². The van der Waals surface area contributed by atoms with E-state index in [1.165, 1.54) is 15.6 Å². The van der Waals surface area contributed by atoms with Gasteiger partial charge in [-0.2, -0.15) is 0 Å². The van der Waals surface area contributed by atoms with Crippen molar-refractivity contribution in [3.05, 3.63) is 70.6 Å². The minimum Gasteiger partial charge on any atom is -0.383 e. The van der Waals surface area contributed by atoms with Crippen LogP contribution in [0, 0.1) is 0 Å². The number of thiophene rings is 1. The molecular weight excluding hydrogens is 264 g/mol. The molecule has 1 N–H and O–H groups in total. The lowest BCUT2D eigenvalue weighted by Crippen LogP contribution is -1.97. The van der Waals surface area contributed by atoms with E-state index in [0.29, 0.717) is 5.92 Å². The number of fused-ring (bicyclic) bond motifs is 1. The molecule has 1 aromatic heterocycles. The Morgan fingerprint density at radius 2 is 1.55 bits per heavy atom. The summed E-state index contributed by atoms with van der Waals surface area (Å²) in [6.07, 6.45) is -0.534. The smallest absolute Gasteiger partial charge is 0.113 e. The van der Waals surface area contributed by atoms with Crippen LogP contribution < -0.4 is 0 Å². The first-order valence-corrected chi connectivity index (χ1v) is 7.73. The average Bonchev–Trinajstić information content (AvgIpc) is 2.90. The van der Waals surface area contributed by atoms with Crippen molar-refractivity contribution in [2.75, 3.05) is 0 Å². The molecule has 0 saturated heterocycles. The van der Waals surface area contributed by atoms with Crippen molar-refractivity contribution >= 4 is 21.4 Å². The van der Waals surface area contributed by atoms with Crippen LogP contribution in [0.5, 0.6) is 0 Å². The van der Waals surface area contributed by atoms with Gasteiger partial charge in [-0.1, -0.05) is 56.3 Å².